The predicted molar refractivity (Wildman–Crippen MR) is 82.3 cm³/mol. The topological polar surface area (TPSA) is 32.7 Å². The van der Waals surface area contributed by atoms with E-state index in [-0.39, 0.29) is 25.7 Å². The average molecular weight is 294 g/mol. The summed E-state index contributed by atoms with van der Waals surface area (Å²) in [5.74, 6) is -4.43. The van der Waals surface area contributed by atoms with Crippen molar-refractivity contribution >= 4 is 0 Å². The molecule has 1 unspecified atom stereocenters. The van der Waals surface area contributed by atoms with Gasteiger partial charge >= 0.3 is 0 Å². The third kappa shape index (κ3) is 3.53. The molecule has 1 aromatic rings. The predicted octanol–water partition coefficient (Wildman–Crippen LogP) is 3.04. The Morgan fingerprint density at radius 2 is 2.10 bits per heavy atom. The fourth-order valence-electron chi connectivity index (χ4n) is 2.37. The monoisotopic (exact) mass is 293 g/mol. The molecule has 1 atom stereocenters. The number of aliphatic hydroxyl groups is 1. The minimum atomic E-state index is -3.83. The first-order valence-electron chi connectivity index (χ1n) is 14.3. The Bertz CT molecular complexity index is 936. The summed E-state index contributed by atoms with van der Waals surface area (Å²) in [5, 5.41) is 11.6. The molecule has 112 valence electrons. The zero-order valence-electron chi connectivity index (χ0n) is 26.8. The highest BCUT2D eigenvalue weighted by atomic mass is 16.5. The first-order valence-corrected chi connectivity index (χ1v) is 6.26. The van der Waals surface area contributed by atoms with Crippen molar-refractivity contribution in [2.75, 3.05) is 27.5 Å². The van der Waals surface area contributed by atoms with Gasteiger partial charge in [0.15, 0.2) is 0 Å². The number of ether oxygens (including phenoxy) is 1. The van der Waals surface area contributed by atoms with Crippen LogP contribution in [0.15, 0.2) is 24.2 Å². The molecule has 1 N–H and O–H groups in total. The number of hydrogen-bond acceptors (Lipinski definition) is 3. The summed E-state index contributed by atoms with van der Waals surface area (Å²) in [7, 11) is -3.19. The van der Waals surface area contributed by atoms with Crippen molar-refractivity contribution in [1.82, 2.24) is 4.90 Å². The molecule has 1 saturated carbocycles. The first kappa shape index (κ1) is 4.72. The zero-order chi connectivity index (χ0) is 28.3. The van der Waals surface area contributed by atoms with Crippen molar-refractivity contribution in [1.29, 1.82) is 0 Å². The maximum absolute atomic E-state index is 11.6. The molecule has 1 aliphatic carbocycles. The van der Waals surface area contributed by atoms with Gasteiger partial charge in [-0.25, -0.2) is 0 Å². The van der Waals surface area contributed by atoms with Crippen molar-refractivity contribution in [2.24, 2.45) is 0 Å². The van der Waals surface area contributed by atoms with Crippen LogP contribution >= 0.6 is 0 Å². The van der Waals surface area contributed by atoms with Crippen LogP contribution in [0.2, 0.25) is 0 Å². The molecule has 0 saturated heterocycles. The van der Waals surface area contributed by atoms with Crippen molar-refractivity contribution in [3.63, 3.8) is 0 Å². The summed E-state index contributed by atoms with van der Waals surface area (Å²) in [6, 6.07) is -4.60. The number of hydrogen-bond donors (Lipinski definition) is 1. The summed E-state index contributed by atoms with van der Waals surface area (Å²) in [4.78, 5) is -0.564. The summed E-state index contributed by atoms with van der Waals surface area (Å²) < 4.78 is 132. The lowest BCUT2D eigenvalue weighted by atomic mass is 9.72. The molecule has 3 nitrogen and oxygen atoms in total. The standard InChI is InChI=1S/C17H27NO2/c1-18(2)13-16(17(19)11-5-4-6-12-17)14-7-9-15(20-3)10-8-14/h7-10,16,19H,4-6,11-13H2,1-3H3/i1D3,2D3,3D3,7D,8D,9D,10D,13D2,16D. The van der Waals surface area contributed by atoms with Crippen molar-refractivity contribution in [2.45, 2.75) is 43.6 Å². The zero-order valence-corrected chi connectivity index (χ0v) is 10.8. The second-order valence-corrected chi connectivity index (χ2v) is 4.72. The number of likely N-dealkylation sites (N-methyl/N-ethyl adjacent to an activating group) is 1. The molecule has 0 aromatic heterocycles. The van der Waals surface area contributed by atoms with Crippen LogP contribution in [0.4, 0.5) is 0 Å². The Morgan fingerprint density at radius 1 is 1.40 bits per heavy atom. The summed E-state index contributed by atoms with van der Waals surface area (Å²) in [5.41, 5.74) is -3.65. The van der Waals surface area contributed by atoms with Crippen molar-refractivity contribution in [3.8, 4) is 5.75 Å². The van der Waals surface area contributed by atoms with E-state index in [1.165, 1.54) is 0 Å². The van der Waals surface area contributed by atoms with E-state index in [1.807, 2.05) is 0 Å². The molecule has 0 radical (unpaired) electrons. The molecule has 20 heavy (non-hydrogen) atoms. The third-order valence-electron chi connectivity index (χ3n) is 3.32. The molecule has 3 heteroatoms. The molecule has 0 amide bonds. The van der Waals surface area contributed by atoms with Crippen LogP contribution < -0.4 is 4.74 Å². The van der Waals surface area contributed by atoms with Gasteiger partial charge in [-0.2, -0.15) is 0 Å². The lowest BCUT2D eigenvalue weighted by molar-refractivity contribution is -0.0277. The molecular weight excluding hydrogens is 250 g/mol. The normalized spacial score (nSPS) is 35.7. The van der Waals surface area contributed by atoms with E-state index in [2.05, 4.69) is 4.74 Å². The SMILES string of the molecule is [2H]c1c([2H])c(C([2H])(C2(O)CCCCC2)C([2H])([2H])N(C([2H])([2H])[2H])C([2H])([2H])[2H])c([2H])c([2H])c1OC([2H])([2H])[2H]. The van der Waals surface area contributed by atoms with Crippen LogP contribution in [0.3, 0.4) is 0 Å². The quantitative estimate of drug-likeness (QED) is 0.906. The smallest absolute Gasteiger partial charge is 0.118 e. The number of rotatable bonds is 5. The molecule has 2 rings (SSSR count). The fraction of sp³-hybridized carbons (Fsp3) is 0.647. The van der Waals surface area contributed by atoms with Gasteiger partial charge in [-0.3, -0.25) is 0 Å². The van der Waals surface area contributed by atoms with Gasteiger partial charge in [-0.1, -0.05) is 31.3 Å². The molecule has 0 spiro atoms. The van der Waals surface area contributed by atoms with E-state index < -0.39 is 79.4 Å². The van der Waals surface area contributed by atoms with Gasteiger partial charge in [0.2, 0.25) is 0 Å². The highest BCUT2D eigenvalue weighted by molar-refractivity contribution is 5.31. The summed E-state index contributed by atoms with van der Waals surface area (Å²) in [6.07, 6.45) is 0.315. The van der Waals surface area contributed by atoms with Gasteiger partial charge in [-0.15, -0.1) is 0 Å². The van der Waals surface area contributed by atoms with E-state index >= 15 is 0 Å². The average Bonchev–Trinajstić information content (AvgIpc) is 2.66. The Kier molecular flexibility index (Phi) is 1.56. The minimum absolute atomic E-state index is 0.219. The summed E-state index contributed by atoms with van der Waals surface area (Å²) in [6.45, 7) is -11.2. The van der Waals surface area contributed by atoms with Crippen LogP contribution in [-0.4, -0.2) is 43.1 Å². The van der Waals surface area contributed by atoms with E-state index in [0.717, 1.165) is 0 Å². The Labute approximate surface area is 145 Å². The number of nitrogens with zero attached hydrogens (tertiary/aromatic N) is 1. The molecule has 1 aliphatic rings. The van der Waals surface area contributed by atoms with Gasteiger partial charge in [0.05, 0.1) is 22.2 Å². The molecule has 0 bridgehead atoms. The molecule has 1 aromatic carbocycles. The maximum Gasteiger partial charge on any atom is 0.118 e. The van der Waals surface area contributed by atoms with Gasteiger partial charge in [0.25, 0.3) is 0 Å². The van der Waals surface area contributed by atoms with Gasteiger partial charge in [0.1, 0.15) is 5.75 Å². The third-order valence-corrected chi connectivity index (χ3v) is 3.32. The number of benzene rings is 1. The van der Waals surface area contributed by atoms with E-state index in [1.54, 1.807) is 0 Å². The molecule has 1 fully saturated rings. The van der Waals surface area contributed by atoms with E-state index in [4.69, 9.17) is 20.6 Å². The van der Waals surface area contributed by atoms with Crippen LogP contribution in [-0.2, 0) is 0 Å². The largest absolute Gasteiger partial charge is 0.497 e. The first-order chi connectivity index (χ1) is 15.9. The highest BCUT2D eigenvalue weighted by Crippen LogP contribution is 2.40. The molecular formula is C17H27NO2. The summed E-state index contributed by atoms with van der Waals surface area (Å²) >= 11 is 0. The second kappa shape index (κ2) is 6.59. The second-order valence-electron chi connectivity index (χ2n) is 4.72. The lowest BCUT2D eigenvalue weighted by Gasteiger charge is -2.40. The van der Waals surface area contributed by atoms with Crippen LogP contribution in [0.1, 0.15) is 65.5 Å². The van der Waals surface area contributed by atoms with Crippen LogP contribution in [0.25, 0.3) is 0 Å². The van der Waals surface area contributed by atoms with Crippen LogP contribution in [0, 0.1) is 0 Å². The van der Waals surface area contributed by atoms with Crippen LogP contribution in [0.5, 0.6) is 5.75 Å². The van der Waals surface area contributed by atoms with Crippen molar-refractivity contribution < 1.29 is 31.8 Å². The minimum Gasteiger partial charge on any atom is -0.497 e. The van der Waals surface area contributed by atoms with E-state index in [0.29, 0.717) is 6.42 Å². The Hall–Kier alpha value is -1.06. The fourth-order valence-corrected chi connectivity index (χ4v) is 2.37. The Balaban J connectivity index is 3.06. The van der Waals surface area contributed by atoms with Crippen molar-refractivity contribution in [3.05, 3.63) is 29.7 Å². The lowest BCUT2D eigenvalue weighted by Crippen LogP contribution is -2.42. The van der Waals surface area contributed by atoms with Gasteiger partial charge < -0.3 is 14.7 Å². The van der Waals surface area contributed by atoms with Gasteiger partial charge in [0, 0.05) is 24.7 Å². The number of methoxy groups -OCH3 is 1. The highest BCUT2D eigenvalue weighted by Gasteiger charge is 2.38. The Morgan fingerprint density at radius 3 is 2.70 bits per heavy atom. The molecule has 0 heterocycles. The van der Waals surface area contributed by atoms with E-state index in [9.17, 15) is 6.48 Å². The molecule has 0 aliphatic heterocycles. The maximum atomic E-state index is 11.6. The van der Waals surface area contributed by atoms with Gasteiger partial charge in [-0.05, 0) is 44.4 Å².